The quantitative estimate of drug-likeness (QED) is 0.181. The summed E-state index contributed by atoms with van der Waals surface area (Å²) in [5.41, 5.74) is 9.31. The van der Waals surface area contributed by atoms with Crippen LogP contribution in [0.3, 0.4) is 0 Å². The van der Waals surface area contributed by atoms with Crippen LogP contribution in [-0.2, 0) is 19.8 Å². The predicted octanol–water partition coefficient (Wildman–Crippen LogP) is 5.74. The molecule has 3 heterocycles. The number of hydrogen-bond acceptors (Lipinski definition) is 9. The number of aromatic nitrogens is 4. The van der Waals surface area contributed by atoms with Crippen molar-refractivity contribution in [3.8, 4) is 0 Å². The molecule has 10 heteroatoms. The van der Waals surface area contributed by atoms with E-state index < -0.39 is 17.9 Å². The third kappa shape index (κ3) is 5.31. The maximum absolute atomic E-state index is 7.06. The average Bonchev–Trinajstić information content (AvgIpc) is 3.64. The lowest BCUT2D eigenvalue weighted by molar-refractivity contribution is -0.0908. The van der Waals surface area contributed by atoms with Crippen LogP contribution in [0.5, 0.6) is 0 Å². The number of nitrogens with zero attached hydrogens (tertiary/aromatic N) is 4. The van der Waals surface area contributed by atoms with Gasteiger partial charge in [0.15, 0.2) is 11.5 Å². The van der Waals surface area contributed by atoms with Crippen LogP contribution in [0.2, 0.25) is 0 Å². The van der Waals surface area contributed by atoms with Crippen LogP contribution in [0.25, 0.3) is 11.2 Å². The molecule has 1 fully saturated rings. The monoisotopic (exact) mass is 583 g/mol. The number of thiocarbonyl (C=S) groups is 1. The van der Waals surface area contributed by atoms with Gasteiger partial charge in [0.1, 0.15) is 35.9 Å². The largest absolute Gasteiger partial charge is 0.472 e. The Balaban J connectivity index is 1.38. The fourth-order valence-corrected chi connectivity index (χ4v) is 5.72. The normalized spacial score (nSPS) is 18.9. The van der Waals surface area contributed by atoms with Crippen molar-refractivity contribution in [3.63, 3.8) is 0 Å². The van der Waals surface area contributed by atoms with Crippen LogP contribution >= 0.6 is 24.0 Å². The third-order valence-corrected chi connectivity index (χ3v) is 8.32. The lowest BCUT2D eigenvalue weighted by Gasteiger charge is -2.37. The van der Waals surface area contributed by atoms with E-state index in [4.69, 9.17) is 32.2 Å². The number of hydrogen-bond donors (Lipinski definition) is 1. The van der Waals surface area contributed by atoms with E-state index in [1.54, 1.807) is 6.33 Å². The number of benzene rings is 3. The zero-order valence-corrected chi connectivity index (χ0v) is 24.0. The van der Waals surface area contributed by atoms with Gasteiger partial charge in [-0.2, -0.15) is 0 Å². The first-order valence-electron chi connectivity index (χ1n) is 13.2. The van der Waals surface area contributed by atoms with Gasteiger partial charge < -0.3 is 19.9 Å². The van der Waals surface area contributed by atoms with Crippen LogP contribution in [0.4, 0.5) is 5.82 Å². The zero-order chi connectivity index (χ0) is 28.2. The Morgan fingerprint density at radius 3 is 2.10 bits per heavy atom. The fourth-order valence-electron chi connectivity index (χ4n) is 5.37. The van der Waals surface area contributed by atoms with Gasteiger partial charge in [-0.25, -0.2) is 15.0 Å². The van der Waals surface area contributed by atoms with Gasteiger partial charge in [-0.3, -0.25) is 4.57 Å². The van der Waals surface area contributed by atoms with Crippen molar-refractivity contribution in [3.05, 3.63) is 120 Å². The minimum Gasteiger partial charge on any atom is -0.472 e. The summed E-state index contributed by atoms with van der Waals surface area (Å²) in [6, 6.07) is 30.8. The first kappa shape index (κ1) is 27.3. The van der Waals surface area contributed by atoms with E-state index in [2.05, 4.69) is 51.4 Å². The Morgan fingerprint density at radius 1 is 0.951 bits per heavy atom. The second kappa shape index (κ2) is 12.0. The molecule has 0 bridgehead atoms. The number of nitrogens with two attached hydrogens (primary N) is 1. The molecule has 0 aliphatic carbocycles. The lowest BCUT2D eigenvalue weighted by Crippen LogP contribution is -2.38. The second-order valence-corrected chi connectivity index (χ2v) is 11.1. The molecule has 0 amide bonds. The zero-order valence-electron chi connectivity index (χ0n) is 22.4. The van der Waals surface area contributed by atoms with Crippen LogP contribution < -0.4 is 5.73 Å². The maximum Gasteiger partial charge on any atom is 0.220 e. The van der Waals surface area contributed by atoms with Gasteiger partial charge in [-0.15, -0.1) is 0 Å². The van der Waals surface area contributed by atoms with E-state index in [1.165, 1.54) is 18.1 Å². The number of fused-ring (bicyclic) bond motifs is 1. The molecule has 6 rings (SSSR count). The first-order valence-corrected chi connectivity index (χ1v) is 14.9. The van der Waals surface area contributed by atoms with E-state index in [0.717, 1.165) is 16.7 Å². The molecule has 0 radical (unpaired) electrons. The molecule has 1 aliphatic heterocycles. The van der Waals surface area contributed by atoms with Gasteiger partial charge in [-0.1, -0.05) is 103 Å². The van der Waals surface area contributed by atoms with Gasteiger partial charge in [0.2, 0.25) is 4.38 Å². The topological polar surface area (TPSA) is 97.3 Å². The highest BCUT2D eigenvalue weighted by Gasteiger charge is 2.43. The lowest BCUT2D eigenvalue weighted by atomic mass is 9.80. The second-order valence-electron chi connectivity index (χ2n) is 9.65. The van der Waals surface area contributed by atoms with Crippen LogP contribution in [0, 0.1) is 0 Å². The molecule has 3 atom stereocenters. The van der Waals surface area contributed by atoms with Crippen molar-refractivity contribution in [2.24, 2.45) is 0 Å². The average molecular weight is 584 g/mol. The standard InChI is InChI=1S/C31H29N5O3S2/c1-41-30(40)39-24-17-26(36-20-35-27-28(32)33-19-34-29(27)36)38-25(24)18-37-31(21-11-5-2-6-12-21,22-13-7-3-8-14-22)23-15-9-4-10-16-23/h2-16,19-20,24-26H,17-18H2,1H3,(H2,32,33,34). The number of ether oxygens (including phenoxy) is 3. The number of imidazole rings is 1. The molecular formula is C31H29N5O3S2. The van der Waals surface area contributed by atoms with Gasteiger partial charge >= 0.3 is 0 Å². The molecule has 1 saturated heterocycles. The highest BCUT2D eigenvalue weighted by molar-refractivity contribution is 8.22. The van der Waals surface area contributed by atoms with E-state index in [1.807, 2.05) is 65.4 Å². The van der Waals surface area contributed by atoms with Crippen molar-refractivity contribution >= 4 is 45.3 Å². The summed E-state index contributed by atoms with van der Waals surface area (Å²) in [7, 11) is 0. The van der Waals surface area contributed by atoms with E-state index >= 15 is 0 Å². The Bertz CT molecular complexity index is 1520. The molecule has 8 nitrogen and oxygen atoms in total. The van der Waals surface area contributed by atoms with Crippen molar-refractivity contribution in [2.45, 2.75) is 30.5 Å². The Hall–Kier alpha value is -3.83. The molecule has 2 aromatic heterocycles. The molecule has 3 unspecified atom stereocenters. The Kier molecular flexibility index (Phi) is 7.97. The molecule has 0 spiro atoms. The number of thioether (sulfide) groups is 1. The van der Waals surface area contributed by atoms with Crippen LogP contribution in [0.1, 0.15) is 29.3 Å². The molecule has 3 aromatic carbocycles. The predicted molar refractivity (Wildman–Crippen MR) is 164 cm³/mol. The molecule has 1 aliphatic rings. The SMILES string of the molecule is CSC(=S)OC1CC(n2cnc3c(N)ncnc32)OC1COC(c1ccccc1)(c1ccccc1)c1ccccc1. The van der Waals surface area contributed by atoms with Gasteiger partial charge in [0.25, 0.3) is 0 Å². The van der Waals surface area contributed by atoms with Crippen molar-refractivity contribution in [1.29, 1.82) is 0 Å². The minimum atomic E-state index is -0.890. The number of nitrogen functional groups attached to an aromatic ring is 1. The van der Waals surface area contributed by atoms with Gasteiger partial charge in [0, 0.05) is 6.42 Å². The summed E-state index contributed by atoms with van der Waals surface area (Å²) in [5, 5.41) is 0. The van der Waals surface area contributed by atoms with E-state index in [0.29, 0.717) is 27.8 Å². The molecule has 5 aromatic rings. The Morgan fingerprint density at radius 2 is 1.54 bits per heavy atom. The summed E-state index contributed by atoms with van der Waals surface area (Å²) < 4.78 is 22.2. The molecule has 0 saturated carbocycles. The van der Waals surface area contributed by atoms with Crippen molar-refractivity contribution in [1.82, 2.24) is 19.5 Å². The molecule has 41 heavy (non-hydrogen) atoms. The molecule has 2 N–H and O–H groups in total. The number of rotatable bonds is 8. The first-order chi connectivity index (χ1) is 20.1. The van der Waals surface area contributed by atoms with E-state index in [9.17, 15) is 0 Å². The summed E-state index contributed by atoms with van der Waals surface area (Å²) >= 11 is 6.84. The summed E-state index contributed by atoms with van der Waals surface area (Å²) in [6.45, 7) is 0.237. The molecular weight excluding hydrogens is 555 g/mol. The highest BCUT2D eigenvalue weighted by atomic mass is 32.2. The summed E-state index contributed by atoms with van der Waals surface area (Å²) in [5.74, 6) is 0.321. The van der Waals surface area contributed by atoms with Gasteiger partial charge in [-0.05, 0) is 35.2 Å². The maximum atomic E-state index is 7.06. The highest BCUT2D eigenvalue weighted by Crippen LogP contribution is 2.42. The number of anilines is 1. The van der Waals surface area contributed by atoms with Crippen molar-refractivity contribution < 1.29 is 14.2 Å². The summed E-state index contributed by atoms with van der Waals surface area (Å²) in [4.78, 5) is 12.9. The third-order valence-electron chi connectivity index (χ3n) is 7.30. The van der Waals surface area contributed by atoms with Gasteiger partial charge in [0.05, 0.1) is 12.9 Å². The smallest absolute Gasteiger partial charge is 0.220 e. The van der Waals surface area contributed by atoms with E-state index in [-0.39, 0.29) is 12.7 Å². The Labute approximate surface area is 247 Å². The fraction of sp³-hybridized carbons (Fsp3) is 0.226. The molecule has 208 valence electrons. The van der Waals surface area contributed by atoms with Crippen LogP contribution in [0.15, 0.2) is 104 Å². The van der Waals surface area contributed by atoms with Crippen LogP contribution in [-0.4, -0.2) is 49.0 Å². The summed E-state index contributed by atoms with van der Waals surface area (Å²) in [6.07, 6.45) is 4.34. The minimum absolute atomic E-state index is 0.237. The van der Waals surface area contributed by atoms with Crippen molar-refractivity contribution in [2.75, 3.05) is 18.6 Å².